The van der Waals surface area contributed by atoms with Gasteiger partial charge in [-0.1, -0.05) is 13.3 Å². The number of carbonyl (C=O) groups excluding carboxylic acids is 1. The van der Waals surface area contributed by atoms with E-state index >= 15 is 0 Å². The number of sulfonamides is 1. The molecular weight excluding hydrogens is 398 g/mol. The van der Waals surface area contributed by atoms with E-state index in [-0.39, 0.29) is 5.91 Å². The minimum Gasteiger partial charge on any atom is -0.494 e. The van der Waals surface area contributed by atoms with Gasteiger partial charge in [-0.15, -0.1) is 11.3 Å². The first-order valence-electron chi connectivity index (χ1n) is 9.35. The summed E-state index contributed by atoms with van der Waals surface area (Å²) in [4.78, 5) is 17.1. The van der Waals surface area contributed by atoms with Crippen molar-refractivity contribution in [3.63, 3.8) is 0 Å². The highest BCUT2D eigenvalue weighted by molar-refractivity contribution is 7.88. The third-order valence-electron chi connectivity index (χ3n) is 4.54. The molecule has 7 nitrogen and oxygen atoms in total. The summed E-state index contributed by atoms with van der Waals surface area (Å²) in [7, 11) is -3.42. The van der Waals surface area contributed by atoms with Gasteiger partial charge in [0, 0.05) is 17.5 Å². The van der Waals surface area contributed by atoms with E-state index in [4.69, 9.17) is 4.74 Å². The molecule has 1 N–H and O–H groups in total. The lowest BCUT2D eigenvalue weighted by atomic mass is 10.0. The molecule has 0 saturated carbocycles. The normalized spacial score (nSPS) is 18.0. The summed E-state index contributed by atoms with van der Waals surface area (Å²) in [5, 5.41) is 5.11. The molecule has 3 rings (SSSR count). The second kappa shape index (κ2) is 9.02. The highest BCUT2D eigenvalue weighted by atomic mass is 32.2. The number of benzene rings is 1. The summed E-state index contributed by atoms with van der Waals surface area (Å²) in [5.74, 6) is 0.488. The summed E-state index contributed by atoms with van der Waals surface area (Å²) in [5.41, 5.74) is 1.68. The molecule has 0 spiro atoms. The van der Waals surface area contributed by atoms with Gasteiger partial charge in [-0.25, -0.2) is 13.4 Å². The fraction of sp³-hybridized carbons (Fsp3) is 0.474. The number of hydrogen-bond donors (Lipinski definition) is 1. The molecule has 1 fully saturated rings. The van der Waals surface area contributed by atoms with E-state index < -0.39 is 16.1 Å². The molecule has 0 unspecified atom stereocenters. The Morgan fingerprint density at radius 2 is 2.07 bits per heavy atom. The Labute approximate surface area is 169 Å². The first-order chi connectivity index (χ1) is 13.4. The molecule has 0 aliphatic carbocycles. The van der Waals surface area contributed by atoms with Crippen LogP contribution in [0, 0.1) is 0 Å². The highest BCUT2D eigenvalue weighted by Crippen LogP contribution is 2.28. The van der Waals surface area contributed by atoms with Crippen molar-refractivity contribution in [1.29, 1.82) is 0 Å². The number of aromatic nitrogens is 1. The van der Waals surface area contributed by atoms with Crippen molar-refractivity contribution in [2.45, 2.75) is 38.6 Å². The Hall–Kier alpha value is -1.97. The first-order valence-corrected chi connectivity index (χ1v) is 12.1. The lowest BCUT2D eigenvalue weighted by Crippen LogP contribution is -2.49. The molecule has 9 heteroatoms. The molecule has 1 aromatic heterocycles. The van der Waals surface area contributed by atoms with Crippen LogP contribution in [-0.2, 0) is 14.8 Å². The summed E-state index contributed by atoms with van der Waals surface area (Å²) in [6.45, 7) is 3.12. The number of anilines is 1. The quantitative estimate of drug-likeness (QED) is 0.738. The molecule has 28 heavy (non-hydrogen) atoms. The number of rotatable bonds is 7. The van der Waals surface area contributed by atoms with Crippen LogP contribution >= 0.6 is 11.3 Å². The highest BCUT2D eigenvalue weighted by Gasteiger charge is 2.34. The number of ether oxygens (including phenoxy) is 1. The zero-order chi connectivity index (χ0) is 20.1. The van der Waals surface area contributed by atoms with Gasteiger partial charge in [0.1, 0.15) is 11.8 Å². The molecule has 0 radical (unpaired) electrons. The average molecular weight is 424 g/mol. The maximum atomic E-state index is 12.6. The van der Waals surface area contributed by atoms with Gasteiger partial charge in [-0.05, 0) is 43.5 Å². The first kappa shape index (κ1) is 20.8. The van der Waals surface area contributed by atoms with Gasteiger partial charge in [-0.3, -0.25) is 4.79 Å². The van der Waals surface area contributed by atoms with Crippen LogP contribution in [0.2, 0.25) is 0 Å². The third-order valence-corrected chi connectivity index (χ3v) is 6.59. The molecule has 1 aliphatic rings. The van der Waals surface area contributed by atoms with Gasteiger partial charge in [0.2, 0.25) is 15.9 Å². The Bertz CT molecular complexity index is 910. The average Bonchev–Trinajstić information content (AvgIpc) is 3.14. The molecule has 1 atom stereocenters. The van der Waals surface area contributed by atoms with Gasteiger partial charge in [-0.2, -0.15) is 4.31 Å². The van der Waals surface area contributed by atoms with Crippen molar-refractivity contribution in [2.24, 2.45) is 0 Å². The second-order valence-corrected chi connectivity index (χ2v) is 9.58. The van der Waals surface area contributed by atoms with E-state index in [9.17, 15) is 13.2 Å². The summed E-state index contributed by atoms with van der Waals surface area (Å²) < 4.78 is 30.8. The van der Waals surface area contributed by atoms with Crippen molar-refractivity contribution >= 4 is 32.4 Å². The number of thiazole rings is 1. The lowest BCUT2D eigenvalue weighted by Gasteiger charge is -2.32. The van der Waals surface area contributed by atoms with E-state index in [1.807, 2.05) is 29.6 Å². The van der Waals surface area contributed by atoms with Crippen LogP contribution in [0.1, 0.15) is 32.6 Å². The van der Waals surface area contributed by atoms with E-state index in [0.717, 1.165) is 42.5 Å². The maximum absolute atomic E-state index is 12.6. The summed E-state index contributed by atoms with van der Waals surface area (Å²) >= 11 is 1.32. The predicted octanol–water partition coefficient (Wildman–Crippen LogP) is 3.35. The van der Waals surface area contributed by atoms with Crippen LogP contribution in [0.5, 0.6) is 5.75 Å². The molecule has 0 bridgehead atoms. The Morgan fingerprint density at radius 1 is 1.32 bits per heavy atom. The van der Waals surface area contributed by atoms with E-state index in [1.165, 1.54) is 15.6 Å². The Morgan fingerprint density at radius 3 is 2.75 bits per heavy atom. The topological polar surface area (TPSA) is 88.6 Å². The molecule has 1 aromatic carbocycles. The number of carbonyl (C=O) groups is 1. The third kappa shape index (κ3) is 5.09. The Kier molecular flexibility index (Phi) is 6.69. The van der Waals surface area contributed by atoms with Gasteiger partial charge < -0.3 is 10.1 Å². The van der Waals surface area contributed by atoms with E-state index in [1.54, 1.807) is 0 Å². The van der Waals surface area contributed by atoms with Crippen LogP contribution in [0.4, 0.5) is 5.13 Å². The van der Waals surface area contributed by atoms with Crippen LogP contribution in [0.25, 0.3) is 11.3 Å². The number of amides is 1. The van der Waals surface area contributed by atoms with Gasteiger partial charge in [0.25, 0.3) is 0 Å². The van der Waals surface area contributed by atoms with E-state index in [2.05, 4.69) is 17.2 Å². The molecule has 2 aromatic rings. The van der Waals surface area contributed by atoms with Crippen molar-refractivity contribution in [3.05, 3.63) is 29.6 Å². The van der Waals surface area contributed by atoms with Crippen molar-refractivity contribution in [1.82, 2.24) is 9.29 Å². The molecule has 152 valence electrons. The van der Waals surface area contributed by atoms with Gasteiger partial charge >= 0.3 is 0 Å². The zero-order valence-corrected chi connectivity index (χ0v) is 17.7. The van der Waals surface area contributed by atoms with Crippen LogP contribution in [-0.4, -0.2) is 49.1 Å². The largest absolute Gasteiger partial charge is 0.494 e. The SMILES string of the molecule is CCCOc1ccc(-c2csc(NC(=O)[C@H]3CCCCN3S(C)(=O)=O)n2)cc1. The number of nitrogens with one attached hydrogen (secondary N) is 1. The van der Waals surface area contributed by atoms with Crippen molar-refractivity contribution in [3.8, 4) is 17.0 Å². The van der Waals surface area contributed by atoms with Crippen molar-refractivity contribution in [2.75, 3.05) is 24.7 Å². The number of piperidine rings is 1. The molecular formula is C19H25N3O4S2. The summed E-state index contributed by atoms with van der Waals surface area (Å²) in [6, 6.07) is 6.98. The molecule has 1 amide bonds. The fourth-order valence-corrected chi connectivity index (χ4v) is 5.01. The summed E-state index contributed by atoms with van der Waals surface area (Å²) in [6.07, 6.45) is 4.23. The number of hydrogen-bond acceptors (Lipinski definition) is 6. The fourth-order valence-electron chi connectivity index (χ4n) is 3.16. The molecule has 2 heterocycles. The predicted molar refractivity (Wildman–Crippen MR) is 111 cm³/mol. The second-order valence-electron chi connectivity index (χ2n) is 6.79. The molecule has 1 saturated heterocycles. The monoisotopic (exact) mass is 423 g/mol. The minimum absolute atomic E-state index is 0.325. The van der Waals surface area contributed by atoms with Gasteiger partial charge in [0.05, 0.1) is 18.6 Å². The van der Waals surface area contributed by atoms with Crippen LogP contribution < -0.4 is 10.1 Å². The van der Waals surface area contributed by atoms with Crippen LogP contribution in [0.15, 0.2) is 29.6 Å². The lowest BCUT2D eigenvalue weighted by molar-refractivity contribution is -0.120. The molecule has 1 aliphatic heterocycles. The standard InChI is InChI=1S/C19H25N3O4S2/c1-3-12-26-15-9-7-14(8-10-15)16-13-27-19(20-16)21-18(23)17-6-4-5-11-22(17)28(2,24)25/h7-10,13,17H,3-6,11-12H2,1-2H3,(H,20,21,23)/t17-/m1/s1. The maximum Gasteiger partial charge on any atom is 0.244 e. The van der Waals surface area contributed by atoms with Crippen molar-refractivity contribution < 1.29 is 17.9 Å². The van der Waals surface area contributed by atoms with E-state index in [0.29, 0.717) is 24.7 Å². The Balaban J connectivity index is 1.67. The zero-order valence-electron chi connectivity index (χ0n) is 16.1. The minimum atomic E-state index is -3.42. The van der Waals surface area contributed by atoms with Gasteiger partial charge in [0.15, 0.2) is 5.13 Å². The smallest absolute Gasteiger partial charge is 0.244 e. The number of nitrogens with zero attached hydrogens (tertiary/aromatic N) is 2. The van der Waals surface area contributed by atoms with Crippen LogP contribution in [0.3, 0.4) is 0 Å².